The van der Waals surface area contributed by atoms with E-state index in [-0.39, 0.29) is 0 Å². The summed E-state index contributed by atoms with van der Waals surface area (Å²) in [6.45, 7) is 0. The molecule has 0 saturated heterocycles. The van der Waals surface area contributed by atoms with Crippen LogP contribution in [0.2, 0.25) is 0 Å². The van der Waals surface area contributed by atoms with Crippen molar-refractivity contribution in [3.05, 3.63) is 46.4 Å². The number of rotatable bonds is 2. The zero-order valence-electron chi connectivity index (χ0n) is 9.11. The van der Waals surface area contributed by atoms with E-state index in [9.17, 15) is 9.90 Å². The fourth-order valence-corrected chi connectivity index (χ4v) is 2.65. The molecule has 2 nitrogen and oxygen atoms in total. The van der Waals surface area contributed by atoms with E-state index < -0.39 is 11.4 Å². The van der Waals surface area contributed by atoms with Crippen LogP contribution in [0.4, 0.5) is 0 Å². The number of aliphatic carboxylic acids is 1. The molecule has 1 aliphatic rings. The average molecular weight is 291 g/mol. The first kappa shape index (κ1) is 10.8. The number of hydrogen-bond donors (Lipinski definition) is 1. The molecule has 3 rings (SSSR count). The standard InChI is InChI=1S/C14H11BrO2/c15-12-4-2-9-1-3-11(7-10(9)8-12)14(5-6-14)13(16)17/h1-4,7-8H,5-6H2,(H,16,17). The van der Waals surface area contributed by atoms with Crippen molar-refractivity contribution in [2.75, 3.05) is 0 Å². The van der Waals surface area contributed by atoms with Gasteiger partial charge in [-0.05, 0) is 47.4 Å². The Kier molecular flexibility index (Phi) is 2.26. The summed E-state index contributed by atoms with van der Waals surface area (Å²) in [7, 11) is 0. The Hall–Kier alpha value is -1.35. The van der Waals surface area contributed by atoms with Gasteiger partial charge in [-0.25, -0.2) is 0 Å². The van der Waals surface area contributed by atoms with Gasteiger partial charge in [-0.3, -0.25) is 4.79 Å². The Balaban J connectivity index is 2.16. The van der Waals surface area contributed by atoms with Gasteiger partial charge in [0.05, 0.1) is 5.41 Å². The first-order valence-corrected chi connectivity index (χ1v) is 6.34. The fraction of sp³-hybridized carbons (Fsp3) is 0.214. The van der Waals surface area contributed by atoms with Crippen molar-refractivity contribution in [1.82, 2.24) is 0 Å². The second kappa shape index (κ2) is 3.57. The fourth-order valence-electron chi connectivity index (χ4n) is 2.27. The second-order valence-electron chi connectivity index (χ2n) is 4.59. The number of fused-ring (bicyclic) bond motifs is 1. The number of hydrogen-bond acceptors (Lipinski definition) is 1. The summed E-state index contributed by atoms with van der Waals surface area (Å²) in [5.74, 6) is -0.702. The van der Waals surface area contributed by atoms with E-state index in [0.717, 1.165) is 33.7 Å². The SMILES string of the molecule is O=C(O)C1(c2ccc3ccc(Br)cc3c2)CC1. The molecule has 17 heavy (non-hydrogen) atoms. The Morgan fingerprint density at radius 1 is 1.12 bits per heavy atom. The molecule has 0 spiro atoms. The summed E-state index contributed by atoms with van der Waals surface area (Å²) in [6.07, 6.45) is 1.50. The van der Waals surface area contributed by atoms with Crippen molar-refractivity contribution in [3.63, 3.8) is 0 Å². The predicted molar refractivity (Wildman–Crippen MR) is 70.2 cm³/mol. The van der Waals surface area contributed by atoms with E-state index >= 15 is 0 Å². The van der Waals surface area contributed by atoms with Crippen LogP contribution in [0.15, 0.2) is 40.9 Å². The summed E-state index contributed by atoms with van der Waals surface area (Å²) < 4.78 is 1.02. The van der Waals surface area contributed by atoms with Crippen LogP contribution in [-0.4, -0.2) is 11.1 Å². The third kappa shape index (κ3) is 1.65. The molecule has 1 fully saturated rings. The number of carboxylic acid groups (broad SMARTS) is 1. The van der Waals surface area contributed by atoms with Crippen molar-refractivity contribution in [1.29, 1.82) is 0 Å². The number of benzene rings is 2. The lowest BCUT2D eigenvalue weighted by molar-refractivity contribution is -0.140. The summed E-state index contributed by atoms with van der Waals surface area (Å²) in [4.78, 5) is 11.3. The van der Waals surface area contributed by atoms with Gasteiger partial charge in [0.2, 0.25) is 0 Å². The molecule has 86 valence electrons. The minimum atomic E-state index is -0.702. The van der Waals surface area contributed by atoms with Gasteiger partial charge < -0.3 is 5.11 Å². The van der Waals surface area contributed by atoms with Crippen molar-refractivity contribution >= 4 is 32.7 Å². The van der Waals surface area contributed by atoms with Crippen LogP contribution in [0.5, 0.6) is 0 Å². The summed E-state index contributed by atoms with van der Waals surface area (Å²) in [6, 6.07) is 12.0. The van der Waals surface area contributed by atoms with Crippen molar-refractivity contribution < 1.29 is 9.90 Å². The Labute approximate surface area is 107 Å². The molecule has 1 aliphatic carbocycles. The molecule has 0 heterocycles. The molecule has 3 heteroatoms. The van der Waals surface area contributed by atoms with Gasteiger partial charge in [-0.2, -0.15) is 0 Å². The zero-order valence-corrected chi connectivity index (χ0v) is 10.7. The summed E-state index contributed by atoms with van der Waals surface area (Å²) in [5, 5.41) is 11.5. The monoisotopic (exact) mass is 290 g/mol. The second-order valence-corrected chi connectivity index (χ2v) is 5.51. The van der Waals surface area contributed by atoms with Gasteiger partial charge in [0.1, 0.15) is 0 Å². The molecule has 0 atom stereocenters. The number of carboxylic acids is 1. The smallest absolute Gasteiger partial charge is 0.314 e. The zero-order chi connectivity index (χ0) is 12.0. The molecule has 1 N–H and O–H groups in total. The maximum atomic E-state index is 11.3. The molecule has 0 amide bonds. The molecular formula is C14H11BrO2. The summed E-state index contributed by atoms with van der Waals surface area (Å²) >= 11 is 3.44. The molecule has 0 unspecified atom stereocenters. The molecule has 0 aromatic heterocycles. The maximum Gasteiger partial charge on any atom is 0.314 e. The van der Waals surface area contributed by atoms with Crippen molar-refractivity contribution in [2.45, 2.75) is 18.3 Å². The summed E-state index contributed by atoms with van der Waals surface area (Å²) in [5.41, 5.74) is 0.312. The van der Waals surface area contributed by atoms with E-state index in [4.69, 9.17) is 0 Å². The highest BCUT2D eigenvalue weighted by Gasteiger charge is 2.51. The Bertz CT molecular complexity index is 615. The average Bonchev–Trinajstić information content (AvgIpc) is 3.09. The first-order valence-electron chi connectivity index (χ1n) is 5.55. The molecule has 0 bridgehead atoms. The van der Waals surface area contributed by atoms with Crippen LogP contribution in [0.1, 0.15) is 18.4 Å². The van der Waals surface area contributed by atoms with Crippen LogP contribution in [0.3, 0.4) is 0 Å². The highest BCUT2D eigenvalue weighted by molar-refractivity contribution is 9.10. The minimum absolute atomic E-state index is 0.615. The van der Waals surface area contributed by atoms with E-state index in [0.29, 0.717) is 0 Å². The van der Waals surface area contributed by atoms with Crippen molar-refractivity contribution in [2.24, 2.45) is 0 Å². The predicted octanol–water partition coefficient (Wildman–Crippen LogP) is 3.72. The van der Waals surface area contributed by atoms with Crippen LogP contribution >= 0.6 is 15.9 Å². The Morgan fingerprint density at radius 2 is 1.82 bits per heavy atom. The molecule has 0 radical (unpaired) electrons. The van der Waals surface area contributed by atoms with Gasteiger partial charge in [0.15, 0.2) is 0 Å². The van der Waals surface area contributed by atoms with Gasteiger partial charge in [-0.1, -0.05) is 34.1 Å². The van der Waals surface area contributed by atoms with Crippen LogP contribution < -0.4 is 0 Å². The van der Waals surface area contributed by atoms with E-state index in [2.05, 4.69) is 15.9 Å². The van der Waals surface area contributed by atoms with Crippen molar-refractivity contribution in [3.8, 4) is 0 Å². The van der Waals surface area contributed by atoms with E-state index in [1.54, 1.807) is 0 Å². The third-order valence-corrected chi connectivity index (χ3v) is 4.01. The lowest BCUT2D eigenvalue weighted by Crippen LogP contribution is -2.19. The third-order valence-electron chi connectivity index (χ3n) is 3.51. The molecular weight excluding hydrogens is 280 g/mol. The lowest BCUT2D eigenvalue weighted by atomic mass is 9.94. The molecule has 0 aliphatic heterocycles. The Morgan fingerprint density at radius 3 is 2.47 bits per heavy atom. The van der Waals surface area contributed by atoms with E-state index in [1.807, 2.05) is 36.4 Å². The minimum Gasteiger partial charge on any atom is -0.481 e. The van der Waals surface area contributed by atoms with Gasteiger partial charge in [0, 0.05) is 4.47 Å². The van der Waals surface area contributed by atoms with Crippen LogP contribution in [0.25, 0.3) is 10.8 Å². The van der Waals surface area contributed by atoms with Gasteiger partial charge in [0.25, 0.3) is 0 Å². The molecule has 2 aromatic rings. The number of halogens is 1. The quantitative estimate of drug-likeness (QED) is 0.915. The van der Waals surface area contributed by atoms with Crippen LogP contribution in [-0.2, 0) is 10.2 Å². The molecule has 1 saturated carbocycles. The topological polar surface area (TPSA) is 37.3 Å². The largest absolute Gasteiger partial charge is 0.481 e. The van der Waals surface area contributed by atoms with Crippen LogP contribution in [0, 0.1) is 0 Å². The molecule has 2 aromatic carbocycles. The van der Waals surface area contributed by atoms with Gasteiger partial charge >= 0.3 is 5.97 Å². The highest BCUT2D eigenvalue weighted by Crippen LogP contribution is 2.48. The number of carbonyl (C=O) groups is 1. The normalized spacial score (nSPS) is 17.0. The lowest BCUT2D eigenvalue weighted by Gasteiger charge is -2.11. The first-order chi connectivity index (χ1) is 8.12. The highest BCUT2D eigenvalue weighted by atomic mass is 79.9. The van der Waals surface area contributed by atoms with E-state index in [1.165, 1.54) is 0 Å². The van der Waals surface area contributed by atoms with Gasteiger partial charge in [-0.15, -0.1) is 0 Å². The maximum absolute atomic E-state index is 11.3.